The van der Waals surface area contributed by atoms with Gasteiger partial charge in [0.05, 0.1) is 5.69 Å². The number of nitrogens with zero attached hydrogens (tertiary/aromatic N) is 2. The number of carbonyl (C=O) groups is 1. The van der Waals surface area contributed by atoms with Crippen molar-refractivity contribution in [1.29, 1.82) is 0 Å². The van der Waals surface area contributed by atoms with Crippen molar-refractivity contribution < 1.29 is 4.79 Å². The molecule has 0 radical (unpaired) electrons. The lowest BCUT2D eigenvalue weighted by Crippen LogP contribution is -2.25. The summed E-state index contributed by atoms with van der Waals surface area (Å²) in [6.45, 7) is 2.45. The predicted molar refractivity (Wildman–Crippen MR) is 79.6 cm³/mol. The highest BCUT2D eigenvalue weighted by atomic mass is 32.2. The molecule has 1 aromatic heterocycles. The molecular weight excluding hydrogens is 278 g/mol. The number of aromatic nitrogens is 2. The summed E-state index contributed by atoms with van der Waals surface area (Å²) >= 11 is 2.95. The van der Waals surface area contributed by atoms with E-state index in [2.05, 4.69) is 27.0 Å². The molecule has 0 aliphatic carbocycles. The van der Waals surface area contributed by atoms with Gasteiger partial charge in [0.25, 0.3) is 5.91 Å². The molecule has 0 spiro atoms. The van der Waals surface area contributed by atoms with Crippen LogP contribution in [0.5, 0.6) is 0 Å². The average Bonchev–Trinajstić information content (AvgIpc) is 2.86. The number of thioether (sulfide) groups is 1. The number of hydrogen-bond acceptors (Lipinski definition) is 5. The molecule has 2 rings (SSSR count). The van der Waals surface area contributed by atoms with Crippen molar-refractivity contribution in [3.63, 3.8) is 0 Å². The van der Waals surface area contributed by atoms with Crippen LogP contribution < -0.4 is 5.32 Å². The van der Waals surface area contributed by atoms with Crippen LogP contribution in [0, 0.1) is 6.92 Å². The van der Waals surface area contributed by atoms with E-state index in [0.717, 1.165) is 23.0 Å². The molecule has 0 atom stereocenters. The lowest BCUT2D eigenvalue weighted by molar-refractivity contribution is 0.0959. The summed E-state index contributed by atoms with van der Waals surface area (Å²) in [7, 11) is 0. The minimum Gasteiger partial charge on any atom is -0.350 e. The van der Waals surface area contributed by atoms with Gasteiger partial charge in [0.1, 0.15) is 4.88 Å². The van der Waals surface area contributed by atoms with E-state index in [9.17, 15) is 4.79 Å². The van der Waals surface area contributed by atoms with Crippen molar-refractivity contribution in [2.45, 2.75) is 12.7 Å². The average molecular weight is 293 g/mol. The first-order chi connectivity index (χ1) is 9.27. The van der Waals surface area contributed by atoms with E-state index in [-0.39, 0.29) is 5.91 Å². The molecule has 0 aliphatic rings. The Morgan fingerprint density at radius 2 is 2.16 bits per heavy atom. The van der Waals surface area contributed by atoms with Gasteiger partial charge < -0.3 is 5.32 Å². The fourth-order valence-electron chi connectivity index (χ4n) is 1.52. The Hall–Kier alpha value is -1.40. The Balaban J connectivity index is 1.65. The highest BCUT2D eigenvalue weighted by Gasteiger charge is 2.11. The minimum atomic E-state index is -0.0761. The first kappa shape index (κ1) is 14.0. The van der Waals surface area contributed by atoms with Gasteiger partial charge in [-0.3, -0.25) is 4.79 Å². The molecule has 4 nitrogen and oxygen atoms in total. The van der Waals surface area contributed by atoms with Crippen molar-refractivity contribution in [3.8, 4) is 0 Å². The van der Waals surface area contributed by atoms with Crippen molar-refractivity contribution in [2.75, 3.05) is 12.3 Å². The first-order valence-electron chi connectivity index (χ1n) is 5.96. The van der Waals surface area contributed by atoms with Gasteiger partial charge in [-0.15, -0.1) is 5.10 Å². The van der Waals surface area contributed by atoms with Gasteiger partial charge in [0.2, 0.25) is 0 Å². The molecule has 19 heavy (non-hydrogen) atoms. The highest BCUT2D eigenvalue weighted by Crippen LogP contribution is 2.11. The Bertz CT molecular complexity index is 528. The van der Waals surface area contributed by atoms with Crippen LogP contribution in [-0.2, 0) is 5.75 Å². The van der Waals surface area contributed by atoms with E-state index in [0.29, 0.717) is 17.1 Å². The minimum absolute atomic E-state index is 0.0761. The molecule has 0 unspecified atom stereocenters. The second kappa shape index (κ2) is 7.25. The maximum Gasteiger partial charge on any atom is 0.264 e. The second-order valence-electron chi connectivity index (χ2n) is 3.98. The van der Waals surface area contributed by atoms with Gasteiger partial charge in [-0.1, -0.05) is 34.8 Å². The molecule has 0 fully saturated rings. The maximum atomic E-state index is 11.8. The largest absolute Gasteiger partial charge is 0.350 e. The molecule has 0 saturated heterocycles. The second-order valence-corrected chi connectivity index (χ2v) is 5.84. The Morgan fingerprint density at radius 1 is 1.37 bits per heavy atom. The van der Waals surface area contributed by atoms with Crippen LogP contribution in [0.15, 0.2) is 30.3 Å². The molecule has 1 amide bonds. The third kappa shape index (κ3) is 4.33. The van der Waals surface area contributed by atoms with Gasteiger partial charge >= 0.3 is 0 Å². The number of aryl methyl sites for hydroxylation is 1. The molecule has 2 aromatic rings. The molecule has 1 N–H and O–H groups in total. The zero-order valence-electron chi connectivity index (χ0n) is 10.6. The highest BCUT2D eigenvalue weighted by molar-refractivity contribution is 7.98. The molecule has 0 bridgehead atoms. The van der Waals surface area contributed by atoms with E-state index >= 15 is 0 Å². The number of hydrogen-bond donors (Lipinski definition) is 1. The SMILES string of the molecule is Cc1nnsc1C(=O)NCCSCc1ccccc1. The topological polar surface area (TPSA) is 54.9 Å². The molecule has 0 aliphatic heterocycles. The van der Waals surface area contributed by atoms with Crippen molar-refractivity contribution >= 4 is 29.2 Å². The van der Waals surface area contributed by atoms with Crippen LogP contribution >= 0.6 is 23.3 Å². The van der Waals surface area contributed by atoms with Gasteiger partial charge in [0.15, 0.2) is 0 Å². The van der Waals surface area contributed by atoms with E-state index in [1.54, 1.807) is 6.92 Å². The van der Waals surface area contributed by atoms with Crippen LogP contribution in [0.3, 0.4) is 0 Å². The summed E-state index contributed by atoms with van der Waals surface area (Å²) in [6, 6.07) is 10.3. The Kier molecular flexibility index (Phi) is 5.35. The lowest BCUT2D eigenvalue weighted by atomic mass is 10.2. The Morgan fingerprint density at radius 3 is 2.84 bits per heavy atom. The fourth-order valence-corrected chi connectivity index (χ4v) is 2.91. The summed E-state index contributed by atoms with van der Waals surface area (Å²) in [4.78, 5) is 12.4. The zero-order valence-corrected chi connectivity index (χ0v) is 12.3. The van der Waals surface area contributed by atoms with Crippen LogP contribution in [-0.4, -0.2) is 27.8 Å². The van der Waals surface area contributed by atoms with E-state index in [1.807, 2.05) is 30.0 Å². The number of amides is 1. The standard InChI is InChI=1S/C13H15N3OS2/c1-10-12(19-16-15-10)13(17)14-7-8-18-9-11-5-3-2-4-6-11/h2-6H,7-9H2,1H3,(H,14,17). The molecule has 1 heterocycles. The summed E-state index contributed by atoms with van der Waals surface area (Å²) in [5.41, 5.74) is 2.00. The third-order valence-corrected chi connectivity index (χ3v) is 4.36. The molecule has 100 valence electrons. The van der Waals surface area contributed by atoms with Crippen molar-refractivity contribution in [1.82, 2.24) is 14.9 Å². The quantitative estimate of drug-likeness (QED) is 0.832. The maximum absolute atomic E-state index is 11.8. The van der Waals surface area contributed by atoms with E-state index in [1.165, 1.54) is 5.56 Å². The predicted octanol–water partition coefficient (Wildman–Crippen LogP) is 2.51. The van der Waals surface area contributed by atoms with Crippen LogP contribution in [0.2, 0.25) is 0 Å². The summed E-state index contributed by atoms with van der Waals surface area (Å²) in [6.07, 6.45) is 0. The van der Waals surface area contributed by atoms with Gasteiger partial charge in [-0.2, -0.15) is 11.8 Å². The normalized spacial score (nSPS) is 10.4. The van der Waals surface area contributed by atoms with Crippen molar-refractivity contribution in [3.05, 3.63) is 46.5 Å². The monoisotopic (exact) mass is 293 g/mol. The van der Waals surface area contributed by atoms with Crippen LogP contribution in [0.25, 0.3) is 0 Å². The molecule has 1 aromatic carbocycles. The van der Waals surface area contributed by atoms with Crippen LogP contribution in [0.4, 0.5) is 0 Å². The zero-order chi connectivity index (χ0) is 13.5. The summed E-state index contributed by atoms with van der Waals surface area (Å²) in [5, 5.41) is 6.71. The lowest BCUT2D eigenvalue weighted by Gasteiger charge is -2.04. The fraction of sp³-hybridized carbons (Fsp3) is 0.308. The van der Waals surface area contributed by atoms with Gasteiger partial charge in [0, 0.05) is 18.1 Å². The Labute approximate surface area is 120 Å². The third-order valence-electron chi connectivity index (χ3n) is 2.50. The first-order valence-corrected chi connectivity index (χ1v) is 7.89. The number of nitrogens with one attached hydrogen (secondary N) is 1. The molecular formula is C13H15N3OS2. The van der Waals surface area contributed by atoms with Crippen LogP contribution in [0.1, 0.15) is 20.9 Å². The summed E-state index contributed by atoms with van der Waals surface area (Å²) in [5.74, 6) is 1.79. The van der Waals surface area contributed by atoms with E-state index < -0.39 is 0 Å². The number of rotatable bonds is 6. The summed E-state index contributed by atoms with van der Waals surface area (Å²) < 4.78 is 3.75. The van der Waals surface area contributed by atoms with Gasteiger partial charge in [-0.25, -0.2) is 0 Å². The smallest absolute Gasteiger partial charge is 0.264 e. The number of benzene rings is 1. The molecule has 6 heteroatoms. The molecule has 0 saturated carbocycles. The number of carbonyl (C=O) groups excluding carboxylic acids is 1. The van der Waals surface area contributed by atoms with Gasteiger partial charge in [-0.05, 0) is 24.0 Å². The van der Waals surface area contributed by atoms with E-state index in [4.69, 9.17) is 0 Å². The van der Waals surface area contributed by atoms with Crippen molar-refractivity contribution in [2.24, 2.45) is 0 Å².